The fourth-order valence-electron chi connectivity index (χ4n) is 4.28. The van der Waals surface area contributed by atoms with E-state index in [1.165, 1.54) is 22.9 Å². The van der Waals surface area contributed by atoms with Gasteiger partial charge in [0.2, 0.25) is 0 Å². The molecule has 0 radical (unpaired) electrons. The first kappa shape index (κ1) is 29.2. The van der Waals surface area contributed by atoms with Gasteiger partial charge in [-0.15, -0.1) is 0 Å². The second-order valence-electron chi connectivity index (χ2n) is 9.04. The molecular weight excluding hydrogens is 464 g/mol. The van der Waals surface area contributed by atoms with Crippen molar-refractivity contribution in [2.75, 3.05) is 0 Å². The summed E-state index contributed by atoms with van der Waals surface area (Å²) in [6.07, 6.45) is 3.83. The number of aliphatic carboxylic acids is 1. The number of carboxylic acids is 1. The summed E-state index contributed by atoms with van der Waals surface area (Å²) in [5.41, 5.74) is 2.00. The maximum Gasteiger partial charge on any atom is 1.00 e. The van der Waals surface area contributed by atoms with Gasteiger partial charge in [-0.25, -0.2) is 9.07 Å². The third kappa shape index (κ3) is 7.98. The van der Waals surface area contributed by atoms with E-state index in [9.17, 15) is 29.3 Å². The van der Waals surface area contributed by atoms with Crippen molar-refractivity contribution in [3.63, 3.8) is 0 Å². The number of benzene rings is 1. The van der Waals surface area contributed by atoms with Crippen LogP contribution >= 0.6 is 0 Å². The number of aliphatic hydroxyl groups excluding tert-OH is 2. The summed E-state index contributed by atoms with van der Waals surface area (Å²) in [5, 5.41) is 38.4. The summed E-state index contributed by atoms with van der Waals surface area (Å²) in [6.45, 7) is 3.85. The van der Waals surface area contributed by atoms with Crippen LogP contribution in [0.15, 0.2) is 30.3 Å². The van der Waals surface area contributed by atoms with Crippen LogP contribution in [0.4, 0.5) is 4.39 Å². The van der Waals surface area contributed by atoms with Crippen molar-refractivity contribution in [2.24, 2.45) is 0 Å². The molecule has 1 aromatic heterocycles. The summed E-state index contributed by atoms with van der Waals surface area (Å²) >= 11 is 0. The molecule has 0 saturated heterocycles. The van der Waals surface area contributed by atoms with Gasteiger partial charge in [-0.2, -0.15) is 5.10 Å². The maximum atomic E-state index is 13.5. The van der Waals surface area contributed by atoms with Gasteiger partial charge < -0.3 is 25.4 Å². The monoisotopic (exact) mass is 495 g/mol. The second kappa shape index (κ2) is 13.3. The molecule has 0 bridgehead atoms. The first-order chi connectivity index (χ1) is 16.2. The van der Waals surface area contributed by atoms with E-state index in [4.69, 9.17) is 0 Å². The minimum absolute atomic E-state index is 0. The Morgan fingerprint density at radius 1 is 1.23 bits per heavy atom. The number of halogens is 1. The van der Waals surface area contributed by atoms with Crippen LogP contribution in [0.3, 0.4) is 0 Å². The van der Waals surface area contributed by atoms with E-state index in [2.05, 4.69) is 10.4 Å². The summed E-state index contributed by atoms with van der Waals surface area (Å²) in [5.74, 6) is -2.19. The van der Waals surface area contributed by atoms with Gasteiger partial charge in [0.15, 0.2) is 5.69 Å². The molecule has 0 aliphatic heterocycles. The van der Waals surface area contributed by atoms with Gasteiger partial charge >= 0.3 is 29.6 Å². The van der Waals surface area contributed by atoms with E-state index in [1.807, 2.05) is 13.8 Å². The number of nitrogens with one attached hydrogen (secondary N) is 1. The van der Waals surface area contributed by atoms with Crippen molar-refractivity contribution in [2.45, 2.75) is 76.5 Å². The molecular formula is C25H31FN3NaO5. The van der Waals surface area contributed by atoms with Crippen LogP contribution in [0.25, 0.3) is 11.8 Å². The molecule has 1 aromatic carbocycles. The number of carbonyl (C=O) groups is 2. The molecule has 1 aliphatic carbocycles. The summed E-state index contributed by atoms with van der Waals surface area (Å²) in [7, 11) is 0. The predicted octanol–water partition coefficient (Wildman–Crippen LogP) is -0.924. The molecule has 3 N–H and O–H groups in total. The molecule has 0 spiro atoms. The number of hydrogen-bond donors (Lipinski definition) is 3. The molecule has 0 unspecified atom stereocenters. The molecule has 1 saturated carbocycles. The normalized spacial score (nSPS) is 15.8. The Bertz CT molecular complexity index is 1030. The molecule has 1 heterocycles. The number of aliphatic hydroxyl groups is 2. The van der Waals surface area contributed by atoms with Gasteiger partial charge in [0.25, 0.3) is 5.91 Å². The van der Waals surface area contributed by atoms with Crippen molar-refractivity contribution >= 4 is 18.0 Å². The zero-order chi connectivity index (χ0) is 24.8. The Morgan fingerprint density at radius 2 is 1.86 bits per heavy atom. The number of carbonyl (C=O) groups excluding carboxylic acids is 2. The number of amides is 1. The predicted molar refractivity (Wildman–Crippen MR) is 123 cm³/mol. The Balaban J connectivity index is 0.00000432. The SMILES string of the molecule is CC(C)c1c(C(=O)NC2CCCC2)nn(-c2ccc(F)cc2)c1/C=C/[C@@H](O)C[C@@H](O)CC(=O)[O-].[Na+]. The second-order valence-corrected chi connectivity index (χ2v) is 9.04. The Hall–Kier alpha value is -2.04. The Morgan fingerprint density at radius 3 is 2.43 bits per heavy atom. The number of hydrogen-bond acceptors (Lipinski definition) is 6. The van der Waals surface area contributed by atoms with Crippen molar-refractivity contribution in [3.8, 4) is 5.69 Å². The van der Waals surface area contributed by atoms with E-state index in [0.717, 1.165) is 25.7 Å². The zero-order valence-corrected chi connectivity index (χ0v) is 22.4. The summed E-state index contributed by atoms with van der Waals surface area (Å²) < 4.78 is 15.1. The van der Waals surface area contributed by atoms with Gasteiger partial charge in [-0.1, -0.05) is 32.8 Å². The van der Waals surface area contributed by atoms with E-state index >= 15 is 0 Å². The van der Waals surface area contributed by atoms with Crippen molar-refractivity contribution < 1.29 is 58.9 Å². The van der Waals surface area contributed by atoms with Crippen molar-refractivity contribution in [1.29, 1.82) is 0 Å². The molecule has 184 valence electrons. The molecule has 2 atom stereocenters. The van der Waals surface area contributed by atoms with Crippen LogP contribution < -0.4 is 40.0 Å². The molecule has 1 aliphatic rings. The number of rotatable bonds is 10. The average molecular weight is 496 g/mol. The minimum atomic E-state index is -1.40. The van der Waals surface area contributed by atoms with E-state index in [-0.39, 0.29) is 59.5 Å². The molecule has 35 heavy (non-hydrogen) atoms. The van der Waals surface area contributed by atoms with Gasteiger partial charge in [-0.05, 0) is 49.1 Å². The van der Waals surface area contributed by atoms with Gasteiger partial charge in [0.1, 0.15) is 5.82 Å². The quantitative estimate of drug-likeness (QED) is 0.366. The number of aromatic nitrogens is 2. The third-order valence-corrected chi connectivity index (χ3v) is 5.91. The van der Waals surface area contributed by atoms with Crippen LogP contribution in [0.5, 0.6) is 0 Å². The van der Waals surface area contributed by atoms with Gasteiger partial charge in [0.05, 0.1) is 23.6 Å². The number of carboxylic acid groups (broad SMARTS) is 1. The Kier molecular flexibility index (Phi) is 11.1. The average Bonchev–Trinajstić information content (AvgIpc) is 3.39. The third-order valence-electron chi connectivity index (χ3n) is 5.91. The van der Waals surface area contributed by atoms with Crippen molar-refractivity contribution in [3.05, 3.63) is 53.1 Å². The molecule has 1 fully saturated rings. The summed E-state index contributed by atoms with van der Waals surface area (Å²) in [4.78, 5) is 23.8. The van der Waals surface area contributed by atoms with E-state index in [0.29, 0.717) is 16.9 Å². The zero-order valence-electron chi connectivity index (χ0n) is 20.4. The molecule has 2 aromatic rings. The van der Waals surface area contributed by atoms with Crippen LogP contribution in [0.2, 0.25) is 0 Å². The first-order valence-corrected chi connectivity index (χ1v) is 11.6. The van der Waals surface area contributed by atoms with Gasteiger partial charge in [-0.3, -0.25) is 4.79 Å². The van der Waals surface area contributed by atoms with Crippen LogP contribution in [0.1, 0.15) is 80.0 Å². The van der Waals surface area contributed by atoms with Gasteiger partial charge in [0, 0.05) is 30.4 Å². The molecule has 10 heteroatoms. The fraction of sp³-hybridized carbons (Fsp3) is 0.480. The largest absolute Gasteiger partial charge is 1.00 e. The standard InChI is InChI=1S/C25H32FN3O5.Na/c1-15(2)23-21(12-11-19(30)13-20(31)14-22(32)33)29(18-9-7-16(26)8-10-18)28-24(23)25(34)27-17-5-3-4-6-17;/h7-12,15,17,19-20,30-31H,3-6,13-14H2,1-2H3,(H,27,34)(H,32,33);/q;+1/p-1/b12-11+;/t19-,20-;/m1./s1. The molecule has 3 rings (SSSR count). The first-order valence-electron chi connectivity index (χ1n) is 11.6. The fourth-order valence-corrected chi connectivity index (χ4v) is 4.28. The van der Waals surface area contributed by atoms with Crippen LogP contribution in [-0.4, -0.2) is 50.1 Å². The minimum Gasteiger partial charge on any atom is -0.550 e. The Labute approximate surface area is 226 Å². The van der Waals surface area contributed by atoms with Crippen molar-refractivity contribution in [1.82, 2.24) is 15.1 Å². The summed E-state index contributed by atoms with van der Waals surface area (Å²) in [6, 6.07) is 5.78. The molecule has 8 nitrogen and oxygen atoms in total. The van der Waals surface area contributed by atoms with E-state index in [1.54, 1.807) is 18.2 Å². The van der Waals surface area contributed by atoms with Crippen LogP contribution in [-0.2, 0) is 4.79 Å². The topological polar surface area (TPSA) is 128 Å². The maximum absolute atomic E-state index is 13.5. The smallest absolute Gasteiger partial charge is 0.550 e. The number of nitrogens with zero attached hydrogens (tertiary/aromatic N) is 2. The van der Waals surface area contributed by atoms with E-state index < -0.39 is 30.4 Å². The molecule has 1 amide bonds. The van der Waals surface area contributed by atoms with Crippen LogP contribution in [0, 0.1) is 5.82 Å².